The molecule has 0 aliphatic carbocycles. The maximum atomic E-state index is 13.1. The Labute approximate surface area is 159 Å². The highest BCUT2D eigenvalue weighted by Crippen LogP contribution is 2.44. The third kappa shape index (κ3) is 3.51. The fourth-order valence-corrected chi connectivity index (χ4v) is 3.55. The molecule has 2 aromatic carbocycles. The number of esters is 1. The van der Waals surface area contributed by atoms with E-state index < -0.39 is 5.60 Å². The third-order valence-electron chi connectivity index (χ3n) is 5.40. The summed E-state index contributed by atoms with van der Waals surface area (Å²) in [4.78, 5) is 12.1. The van der Waals surface area contributed by atoms with Gasteiger partial charge >= 0.3 is 5.97 Å². The van der Waals surface area contributed by atoms with Crippen LogP contribution in [0.2, 0.25) is 0 Å². The second-order valence-electron chi connectivity index (χ2n) is 7.25. The lowest BCUT2D eigenvalue weighted by Gasteiger charge is -2.36. The molecular formula is C22H25FO4. The van der Waals surface area contributed by atoms with Gasteiger partial charge in [0.1, 0.15) is 23.9 Å². The molecule has 0 N–H and O–H groups in total. The van der Waals surface area contributed by atoms with Crippen LogP contribution in [0, 0.1) is 26.6 Å². The van der Waals surface area contributed by atoms with Crippen molar-refractivity contribution in [3.8, 4) is 11.5 Å². The van der Waals surface area contributed by atoms with E-state index in [1.165, 1.54) is 19.2 Å². The van der Waals surface area contributed by atoms with Gasteiger partial charge in [-0.1, -0.05) is 12.1 Å². The fourth-order valence-electron chi connectivity index (χ4n) is 3.55. The number of fused-ring (bicyclic) bond motifs is 1. The molecule has 1 heterocycles. The molecule has 0 bridgehead atoms. The molecule has 0 fully saturated rings. The van der Waals surface area contributed by atoms with Gasteiger partial charge in [0.15, 0.2) is 0 Å². The number of halogens is 1. The van der Waals surface area contributed by atoms with Gasteiger partial charge in [-0.3, -0.25) is 0 Å². The Morgan fingerprint density at radius 1 is 1.15 bits per heavy atom. The second kappa shape index (κ2) is 7.22. The predicted octanol–water partition coefficient (Wildman–Crippen LogP) is 4.59. The van der Waals surface area contributed by atoms with Crippen molar-refractivity contribution in [2.45, 2.75) is 52.7 Å². The van der Waals surface area contributed by atoms with Crippen LogP contribution < -0.4 is 9.47 Å². The summed E-state index contributed by atoms with van der Waals surface area (Å²) in [5.74, 6) is 0.945. The molecule has 1 unspecified atom stereocenters. The maximum Gasteiger partial charge on any atom is 0.349 e. The Morgan fingerprint density at radius 3 is 2.44 bits per heavy atom. The highest BCUT2D eigenvalue weighted by Gasteiger charge is 2.41. The summed E-state index contributed by atoms with van der Waals surface area (Å²) in [6, 6.07) is 6.29. The van der Waals surface area contributed by atoms with Gasteiger partial charge in [-0.25, -0.2) is 9.18 Å². The third-order valence-corrected chi connectivity index (χ3v) is 5.40. The molecule has 1 aliphatic heterocycles. The average molecular weight is 372 g/mol. The van der Waals surface area contributed by atoms with Crippen LogP contribution in [-0.2, 0) is 22.6 Å². The Morgan fingerprint density at radius 2 is 1.81 bits per heavy atom. The van der Waals surface area contributed by atoms with E-state index in [2.05, 4.69) is 0 Å². The SMILES string of the molecule is COC(=O)C1(C)CCc2c(C)c(OCc3ccc(F)cc3)c(C)c(C)c2O1. The van der Waals surface area contributed by atoms with Gasteiger partial charge in [0.2, 0.25) is 5.60 Å². The van der Waals surface area contributed by atoms with Crippen LogP contribution >= 0.6 is 0 Å². The summed E-state index contributed by atoms with van der Waals surface area (Å²) < 4.78 is 30.2. The zero-order valence-electron chi connectivity index (χ0n) is 16.4. The van der Waals surface area contributed by atoms with Gasteiger partial charge in [-0.2, -0.15) is 0 Å². The quantitative estimate of drug-likeness (QED) is 0.737. The summed E-state index contributed by atoms with van der Waals surface area (Å²) >= 11 is 0. The van der Waals surface area contributed by atoms with Gasteiger partial charge in [0, 0.05) is 12.0 Å². The maximum absolute atomic E-state index is 13.1. The minimum absolute atomic E-state index is 0.262. The van der Waals surface area contributed by atoms with Crippen molar-refractivity contribution >= 4 is 5.97 Å². The average Bonchev–Trinajstić information content (AvgIpc) is 2.66. The molecule has 0 amide bonds. The summed E-state index contributed by atoms with van der Waals surface area (Å²) in [6.07, 6.45) is 1.26. The molecule has 0 aromatic heterocycles. The van der Waals surface area contributed by atoms with Crippen molar-refractivity contribution in [3.05, 3.63) is 57.9 Å². The molecule has 2 aromatic rings. The largest absolute Gasteiger partial charge is 0.488 e. The number of carbonyl (C=O) groups excluding carboxylic acids is 1. The van der Waals surface area contributed by atoms with Gasteiger partial charge in [-0.15, -0.1) is 0 Å². The molecule has 27 heavy (non-hydrogen) atoms. The molecule has 0 saturated carbocycles. The lowest BCUT2D eigenvalue weighted by Crippen LogP contribution is -2.45. The molecule has 0 radical (unpaired) electrons. The second-order valence-corrected chi connectivity index (χ2v) is 7.25. The monoisotopic (exact) mass is 372 g/mol. The van der Waals surface area contributed by atoms with Gasteiger partial charge in [-0.05, 0) is 68.5 Å². The number of benzene rings is 2. The molecule has 144 valence electrons. The predicted molar refractivity (Wildman–Crippen MR) is 101 cm³/mol. The Kier molecular flexibility index (Phi) is 5.13. The van der Waals surface area contributed by atoms with E-state index in [-0.39, 0.29) is 11.8 Å². The number of hydrogen-bond donors (Lipinski definition) is 0. The molecule has 1 aliphatic rings. The first-order valence-electron chi connectivity index (χ1n) is 9.04. The highest BCUT2D eigenvalue weighted by atomic mass is 19.1. The standard InChI is InChI=1S/C22H25FO4/c1-13-14(2)20-18(10-11-22(4,27-20)21(24)25-5)15(3)19(13)26-12-16-6-8-17(23)9-7-16/h6-9H,10-12H2,1-5H3. The first kappa shape index (κ1) is 19.2. The van der Waals surface area contributed by atoms with E-state index in [4.69, 9.17) is 14.2 Å². The first-order chi connectivity index (χ1) is 12.8. The van der Waals surface area contributed by atoms with E-state index in [0.29, 0.717) is 19.4 Å². The minimum Gasteiger partial charge on any atom is -0.488 e. The number of carbonyl (C=O) groups is 1. The van der Waals surface area contributed by atoms with Crippen molar-refractivity contribution in [2.75, 3.05) is 7.11 Å². The van der Waals surface area contributed by atoms with Crippen molar-refractivity contribution in [2.24, 2.45) is 0 Å². The molecular weight excluding hydrogens is 347 g/mol. The van der Waals surface area contributed by atoms with E-state index in [1.807, 2.05) is 20.8 Å². The highest BCUT2D eigenvalue weighted by molar-refractivity contribution is 5.80. The lowest BCUT2D eigenvalue weighted by molar-refractivity contribution is -0.159. The van der Waals surface area contributed by atoms with Gasteiger partial charge < -0.3 is 14.2 Å². The van der Waals surface area contributed by atoms with E-state index in [9.17, 15) is 9.18 Å². The molecule has 3 rings (SSSR count). The van der Waals surface area contributed by atoms with Crippen molar-refractivity contribution in [1.29, 1.82) is 0 Å². The number of rotatable bonds is 4. The summed E-state index contributed by atoms with van der Waals surface area (Å²) in [7, 11) is 1.38. The van der Waals surface area contributed by atoms with Crippen LogP contribution in [0.5, 0.6) is 11.5 Å². The van der Waals surface area contributed by atoms with Crippen LogP contribution in [0.15, 0.2) is 24.3 Å². The first-order valence-corrected chi connectivity index (χ1v) is 9.04. The molecule has 4 nitrogen and oxygen atoms in total. The van der Waals surface area contributed by atoms with Crippen molar-refractivity contribution in [1.82, 2.24) is 0 Å². The lowest BCUT2D eigenvalue weighted by atomic mass is 9.87. The fraction of sp³-hybridized carbons (Fsp3) is 0.409. The molecule has 0 saturated heterocycles. The van der Waals surface area contributed by atoms with E-state index in [0.717, 1.165) is 39.3 Å². The number of ether oxygens (including phenoxy) is 3. The zero-order chi connectivity index (χ0) is 19.8. The summed E-state index contributed by atoms with van der Waals surface area (Å²) in [6.45, 7) is 8.10. The van der Waals surface area contributed by atoms with Crippen molar-refractivity contribution in [3.63, 3.8) is 0 Å². The van der Waals surface area contributed by atoms with Gasteiger partial charge in [0.25, 0.3) is 0 Å². The van der Waals surface area contributed by atoms with Crippen molar-refractivity contribution < 1.29 is 23.4 Å². The Bertz CT molecular complexity index is 873. The topological polar surface area (TPSA) is 44.8 Å². The molecule has 1 atom stereocenters. The minimum atomic E-state index is -0.970. The molecule has 0 spiro atoms. The van der Waals surface area contributed by atoms with Crippen LogP contribution in [0.1, 0.15) is 41.2 Å². The smallest absolute Gasteiger partial charge is 0.349 e. The Hall–Kier alpha value is -2.56. The van der Waals surface area contributed by atoms with Crippen LogP contribution in [-0.4, -0.2) is 18.7 Å². The summed E-state index contributed by atoms with van der Waals surface area (Å²) in [5, 5.41) is 0. The number of hydrogen-bond acceptors (Lipinski definition) is 4. The number of methoxy groups -OCH3 is 1. The van der Waals surface area contributed by atoms with Gasteiger partial charge in [0.05, 0.1) is 7.11 Å². The Balaban J connectivity index is 1.92. The van der Waals surface area contributed by atoms with E-state index in [1.54, 1.807) is 19.1 Å². The van der Waals surface area contributed by atoms with Crippen LogP contribution in [0.25, 0.3) is 0 Å². The molecule has 5 heteroatoms. The summed E-state index contributed by atoms with van der Waals surface area (Å²) in [5.41, 5.74) is 3.94. The zero-order valence-corrected chi connectivity index (χ0v) is 16.4. The van der Waals surface area contributed by atoms with Crippen LogP contribution in [0.3, 0.4) is 0 Å². The normalized spacial score (nSPS) is 18.4. The van der Waals surface area contributed by atoms with Crippen LogP contribution in [0.4, 0.5) is 4.39 Å². The van der Waals surface area contributed by atoms with E-state index >= 15 is 0 Å².